The van der Waals surface area contributed by atoms with Gasteiger partial charge in [-0.2, -0.15) is 4.68 Å². The summed E-state index contributed by atoms with van der Waals surface area (Å²) in [6.07, 6.45) is 0. The molecule has 138 valence electrons. The van der Waals surface area contributed by atoms with E-state index in [1.54, 1.807) is 28.9 Å². The fraction of sp³-hybridized carbons (Fsp3) is 0.211. The number of hydrogen-bond donors (Lipinski definition) is 1. The maximum absolute atomic E-state index is 12.3. The highest BCUT2D eigenvalue weighted by Gasteiger charge is 2.13. The van der Waals surface area contributed by atoms with Gasteiger partial charge in [-0.3, -0.25) is 9.59 Å². The van der Waals surface area contributed by atoms with Gasteiger partial charge in [0.25, 0.3) is 0 Å². The van der Waals surface area contributed by atoms with Crippen molar-refractivity contribution in [3.8, 4) is 5.69 Å². The number of aryl methyl sites for hydroxylation is 2. The topological polar surface area (TPSA) is 89.8 Å². The third kappa shape index (κ3) is 4.59. The second kappa shape index (κ2) is 8.13. The maximum Gasteiger partial charge on any atom is 0.234 e. The molecular weight excluding hydrogens is 362 g/mol. The molecule has 1 heterocycles. The Hall–Kier alpha value is -3.00. The summed E-state index contributed by atoms with van der Waals surface area (Å²) in [5.41, 5.74) is 4.17. The number of carbonyl (C=O) groups is 2. The van der Waals surface area contributed by atoms with Crippen LogP contribution < -0.4 is 5.32 Å². The fourth-order valence-corrected chi connectivity index (χ4v) is 3.19. The van der Waals surface area contributed by atoms with Crippen LogP contribution in [0.25, 0.3) is 5.69 Å². The fourth-order valence-electron chi connectivity index (χ4n) is 2.51. The molecule has 0 fully saturated rings. The van der Waals surface area contributed by atoms with Crippen LogP contribution in [0.5, 0.6) is 0 Å². The van der Waals surface area contributed by atoms with Crippen LogP contribution in [-0.4, -0.2) is 37.7 Å². The average Bonchev–Trinajstić information content (AvgIpc) is 3.10. The summed E-state index contributed by atoms with van der Waals surface area (Å²) in [6.45, 7) is 5.48. The Morgan fingerprint density at radius 2 is 1.96 bits per heavy atom. The van der Waals surface area contributed by atoms with Crippen molar-refractivity contribution in [2.45, 2.75) is 25.9 Å². The molecule has 0 aliphatic carbocycles. The van der Waals surface area contributed by atoms with Crippen molar-refractivity contribution >= 4 is 29.1 Å². The molecule has 1 aromatic heterocycles. The lowest BCUT2D eigenvalue weighted by Crippen LogP contribution is -2.15. The van der Waals surface area contributed by atoms with E-state index in [2.05, 4.69) is 20.8 Å². The molecule has 0 atom stereocenters. The highest BCUT2D eigenvalue weighted by atomic mass is 32.2. The largest absolute Gasteiger partial charge is 0.325 e. The Morgan fingerprint density at radius 1 is 1.15 bits per heavy atom. The molecule has 0 radical (unpaired) electrons. The minimum absolute atomic E-state index is 0.0480. The van der Waals surface area contributed by atoms with E-state index in [0.717, 1.165) is 16.8 Å². The van der Waals surface area contributed by atoms with Crippen molar-refractivity contribution in [3.63, 3.8) is 0 Å². The number of rotatable bonds is 6. The Morgan fingerprint density at radius 3 is 2.74 bits per heavy atom. The maximum atomic E-state index is 12.3. The summed E-state index contributed by atoms with van der Waals surface area (Å²) in [5.74, 6) is -0.0976. The number of nitrogens with zero attached hydrogens (tertiary/aromatic N) is 4. The van der Waals surface area contributed by atoms with Crippen molar-refractivity contribution in [3.05, 3.63) is 59.2 Å². The molecule has 0 bridgehead atoms. The summed E-state index contributed by atoms with van der Waals surface area (Å²) in [5, 5.41) is 15.1. The molecule has 1 amide bonds. The van der Waals surface area contributed by atoms with Crippen LogP contribution in [-0.2, 0) is 4.79 Å². The van der Waals surface area contributed by atoms with Crippen molar-refractivity contribution in [1.29, 1.82) is 0 Å². The van der Waals surface area contributed by atoms with Crippen LogP contribution in [0.3, 0.4) is 0 Å². The number of ketones is 1. The molecule has 0 spiro atoms. The van der Waals surface area contributed by atoms with E-state index < -0.39 is 0 Å². The number of nitrogens with one attached hydrogen (secondary N) is 1. The first-order valence-electron chi connectivity index (χ1n) is 8.33. The molecule has 0 saturated carbocycles. The number of amides is 1. The molecule has 1 N–H and O–H groups in total. The Labute approximate surface area is 161 Å². The first-order chi connectivity index (χ1) is 12.9. The van der Waals surface area contributed by atoms with Crippen LogP contribution in [0.15, 0.2) is 47.6 Å². The predicted octanol–water partition coefficient (Wildman–Crippen LogP) is 3.21. The molecule has 2 aromatic carbocycles. The van der Waals surface area contributed by atoms with Gasteiger partial charge in [0.2, 0.25) is 11.1 Å². The second-order valence-corrected chi connectivity index (χ2v) is 7.08. The van der Waals surface area contributed by atoms with Crippen molar-refractivity contribution in [2.24, 2.45) is 0 Å². The lowest BCUT2D eigenvalue weighted by atomic mass is 10.1. The SMILES string of the molecule is CC(=O)c1cccc(NC(=O)CSc2nnnn2-c2cc(C)ccc2C)c1. The first-order valence-corrected chi connectivity index (χ1v) is 9.32. The van der Waals surface area contributed by atoms with Gasteiger partial charge >= 0.3 is 0 Å². The van der Waals surface area contributed by atoms with Gasteiger partial charge in [-0.05, 0) is 60.5 Å². The minimum Gasteiger partial charge on any atom is -0.325 e. The number of aromatic nitrogens is 4. The number of tetrazole rings is 1. The van der Waals surface area contributed by atoms with E-state index in [4.69, 9.17) is 0 Å². The smallest absolute Gasteiger partial charge is 0.234 e. The lowest BCUT2D eigenvalue weighted by molar-refractivity contribution is -0.113. The quantitative estimate of drug-likeness (QED) is 0.521. The van der Waals surface area contributed by atoms with Gasteiger partial charge in [-0.1, -0.05) is 36.0 Å². The molecule has 0 unspecified atom stereocenters. The zero-order valence-corrected chi connectivity index (χ0v) is 16.1. The third-order valence-corrected chi connectivity index (χ3v) is 4.84. The van der Waals surface area contributed by atoms with Gasteiger partial charge in [-0.15, -0.1) is 5.10 Å². The molecule has 27 heavy (non-hydrogen) atoms. The second-order valence-electron chi connectivity index (χ2n) is 6.14. The molecule has 7 nitrogen and oxygen atoms in total. The van der Waals surface area contributed by atoms with Gasteiger partial charge < -0.3 is 5.32 Å². The van der Waals surface area contributed by atoms with E-state index in [9.17, 15) is 9.59 Å². The van der Waals surface area contributed by atoms with Gasteiger partial charge in [0.15, 0.2) is 5.78 Å². The number of thioether (sulfide) groups is 1. The molecule has 0 saturated heterocycles. The number of benzene rings is 2. The van der Waals surface area contributed by atoms with Gasteiger partial charge in [-0.25, -0.2) is 0 Å². The summed E-state index contributed by atoms with van der Waals surface area (Å²) in [6, 6.07) is 12.9. The summed E-state index contributed by atoms with van der Waals surface area (Å²) in [4.78, 5) is 23.7. The summed E-state index contributed by atoms with van der Waals surface area (Å²) in [7, 11) is 0. The highest BCUT2D eigenvalue weighted by Crippen LogP contribution is 2.22. The van der Waals surface area contributed by atoms with Gasteiger partial charge in [0.05, 0.1) is 11.4 Å². The Kier molecular flexibility index (Phi) is 5.66. The lowest BCUT2D eigenvalue weighted by Gasteiger charge is -2.09. The molecule has 3 aromatic rings. The van der Waals surface area contributed by atoms with Crippen molar-refractivity contribution < 1.29 is 9.59 Å². The molecule has 3 rings (SSSR count). The van der Waals surface area contributed by atoms with Crippen LogP contribution in [0.4, 0.5) is 5.69 Å². The molecule has 0 aliphatic heterocycles. The number of carbonyl (C=O) groups excluding carboxylic acids is 2. The summed E-state index contributed by atoms with van der Waals surface area (Å²) < 4.78 is 1.64. The zero-order valence-electron chi connectivity index (χ0n) is 15.3. The highest BCUT2D eigenvalue weighted by molar-refractivity contribution is 7.99. The monoisotopic (exact) mass is 381 g/mol. The van der Waals surface area contributed by atoms with E-state index in [0.29, 0.717) is 16.4 Å². The predicted molar refractivity (Wildman–Crippen MR) is 104 cm³/mol. The van der Waals surface area contributed by atoms with E-state index in [1.807, 2.05) is 32.0 Å². The number of Topliss-reactive ketones (excluding diaryl/α,β-unsaturated/α-hetero) is 1. The number of anilines is 1. The summed E-state index contributed by atoms with van der Waals surface area (Å²) >= 11 is 1.25. The zero-order chi connectivity index (χ0) is 19.4. The minimum atomic E-state index is -0.198. The van der Waals surface area contributed by atoms with Gasteiger partial charge in [0.1, 0.15) is 0 Å². The third-order valence-electron chi connectivity index (χ3n) is 3.92. The standard InChI is InChI=1S/C19H19N5O2S/c1-12-7-8-13(2)17(9-12)24-19(21-22-23-24)27-11-18(26)20-16-6-4-5-15(10-16)14(3)25/h4-10H,11H2,1-3H3,(H,20,26). The molecule has 8 heteroatoms. The Balaban J connectivity index is 1.68. The first kappa shape index (κ1) is 18.8. The number of hydrogen-bond acceptors (Lipinski definition) is 6. The van der Waals surface area contributed by atoms with Crippen LogP contribution in [0, 0.1) is 13.8 Å². The van der Waals surface area contributed by atoms with E-state index >= 15 is 0 Å². The van der Waals surface area contributed by atoms with Crippen molar-refractivity contribution in [2.75, 3.05) is 11.1 Å². The molecular formula is C19H19N5O2S. The van der Waals surface area contributed by atoms with Crippen LogP contribution in [0.1, 0.15) is 28.4 Å². The van der Waals surface area contributed by atoms with Crippen LogP contribution in [0.2, 0.25) is 0 Å². The average molecular weight is 381 g/mol. The van der Waals surface area contributed by atoms with Crippen LogP contribution >= 0.6 is 11.8 Å². The normalized spacial score (nSPS) is 10.6. The van der Waals surface area contributed by atoms with Gasteiger partial charge in [0, 0.05) is 11.3 Å². The molecule has 0 aliphatic rings. The van der Waals surface area contributed by atoms with Crippen molar-refractivity contribution in [1.82, 2.24) is 20.2 Å². The Bertz CT molecular complexity index is 999. The van der Waals surface area contributed by atoms with E-state index in [-0.39, 0.29) is 17.4 Å². The van der Waals surface area contributed by atoms with E-state index in [1.165, 1.54) is 18.7 Å².